The number of aryl methyl sites for hydroxylation is 1. The average molecular weight is 500 g/mol. The van der Waals surface area contributed by atoms with Crippen molar-refractivity contribution in [2.75, 3.05) is 44.7 Å². The van der Waals surface area contributed by atoms with E-state index in [1.54, 1.807) is 0 Å². The Kier molecular flexibility index (Phi) is 9.77. The molecule has 0 aliphatic carbocycles. The maximum atomic E-state index is 4.66. The molecular formula is C21H37IN6. The molecule has 3 rings (SSSR count). The first-order valence-electron chi connectivity index (χ1n) is 10.6. The second-order valence-electron chi connectivity index (χ2n) is 7.77. The fourth-order valence-electron chi connectivity index (χ4n) is 4.27. The van der Waals surface area contributed by atoms with Crippen LogP contribution >= 0.6 is 24.0 Å². The molecule has 1 aromatic heterocycles. The van der Waals surface area contributed by atoms with Crippen LogP contribution in [0.25, 0.3) is 0 Å². The number of hydrogen-bond donors (Lipinski definition) is 2. The smallest absolute Gasteiger partial charge is 0.191 e. The minimum absolute atomic E-state index is 0. The Morgan fingerprint density at radius 1 is 1.18 bits per heavy atom. The van der Waals surface area contributed by atoms with Crippen LogP contribution < -0.4 is 15.5 Å². The van der Waals surface area contributed by atoms with E-state index in [4.69, 9.17) is 0 Å². The molecule has 0 spiro atoms. The summed E-state index contributed by atoms with van der Waals surface area (Å²) in [6.45, 7) is 9.76. The Hall–Kier alpha value is -1.09. The van der Waals surface area contributed by atoms with E-state index in [0.29, 0.717) is 12.1 Å². The van der Waals surface area contributed by atoms with Crippen molar-refractivity contribution in [3.8, 4) is 0 Å². The highest BCUT2D eigenvalue weighted by molar-refractivity contribution is 14.0. The van der Waals surface area contributed by atoms with E-state index in [0.717, 1.165) is 56.5 Å². The molecule has 0 bridgehead atoms. The van der Waals surface area contributed by atoms with Gasteiger partial charge in [0, 0.05) is 44.5 Å². The van der Waals surface area contributed by atoms with E-state index in [1.165, 1.54) is 25.8 Å². The second-order valence-corrected chi connectivity index (χ2v) is 7.77. The van der Waals surface area contributed by atoms with Gasteiger partial charge in [-0.05, 0) is 57.8 Å². The molecule has 0 radical (unpaired) electrons. The van der Waals surface area contributed by atoms with Gasteiger partial charge in [-0.2, -0.15) is 0 Å². The minimum atomic E-state index is 0. The molecule has 28 heavy (non-hydrogen) atoms. The number of likely N-dealkylation sites (tertiary alicyclic amines) is 1. The lowest BCUT2D eigenvalue weighted by Gasteiger charge is -2.36. The Morgan fingerprint density at radius 3 is 2.64 bits per heavy atom. The number of guanidine groups is 1. The van der Waals surface area contributed by atoms with Gasteiger partial charge in [-0.25, -0.2) is 4.98 Å². The first-order chi connectivity index (χ1) is 13.2. The SMILES string of the molecule is CCN1CCCCC1CNC(=NC)NC1CCN(c2cccc(C)n2)CC1.I. The third kappa shape index (κ3) is 6.47. The van der Waals surface area contributed by atoms with Crippen molar-refractivity contribution in [2.45, 2.75) is 58.0 Å². The molecule has 0 saturated carbocycles. The van der Waals surface area contributed by atoms with E-state index in [9.17, 15) is 0 Å². The molecule has 7 heteroatoms. The van der Waals surface area contributed by atoms with Gasteiger partial charge >= 0.3 is 0 Å². The standard InChI is InChI=1S/C21H36N6.HI/c1-4-26-13-6-5-9-19(26)16-23-21(22-3)25-18-11-14-27(15-12-18)20-10-7-8-17(2)24-20;/h7-8,10,18-19H,4-6,9,11-16H2,1-3H3,(H2,22,23,25);1H. The van der Waals surface area contributed by atoms with Gasteiger partial charge in [0.15, 0.2) is 5.96 Å². The van der Waals surface area contributed by atoms with Crippen LogP contribution in [0, 0.1) is 6.92 Å². The largest absolute Gasteiger partial charge is 0.356 e. The summed E-state index contributed by atoms with van der Waals surface area (Å²) in [5.41, 5.74) is 1.08. The highest BCUT2D eigenvalue weighted by Crippen LogP contribution is 2.18. The first kappa shape index (κ1) is 23.2. The van der Waals surface area contributed by atoms with Crippen molar-refractivity contribution >= 4 is 35.8 Å². The summed E-state index contributed by atoms with van der Waals surface area (Å²) < 4.78 is 0. The van der Waals surface area contributed by atoms with Gasteiger partial charge in [0.2, 0.25) is 0 Å². The van der Waals surface area contributed by atoms with Crippen LogP contribution in [0.2, 0.25) is 0 Å². The van der Waals surface area contributed by atoms with Crippen molar-refractivity contribution < 1.29 is 0 Å². The first-order valence-corrected chi connectivity index (χ1v) is 10.6. The molecule has 2 aliphatic heterocycles. The van der Waals surface area contributed by atoms with E-state index in [2.05, 4.69) is 62.5 Å². The number of nitrogens with one attached hydrogen (secondary N) is 2. The predicted octanol–water partition coefficient (Wildman–Crippen LogP) is 3.02. The van der Waals surface area contributed by atoms with Crippen molar-refractivity contribution in [1.82, 2.24) is 20.5 Å². The number of likely N-dealkylation sites (N-methyl/N-ethyl adjacent to an activating group) is 1. The number of nitrogens with zero attached hydrogens (tertiary/aromatic N) is 4. The van der Waals surface area contributed by atoms with E-state index in [1.807, 2.05) is 7.05 Å². The fraction of sp³-hybridized carbons (Fsp3) is 0.714. The Morgan fingerprint density at radius 2 is 1.96 bits per heavy atom. The van der Waals surface area contributed by atoms with Crippen LogP contribution in [0.1, 0.15) is 44.7 Å². The third-order valence-corrected chi connectivity index (χ3v) is 5.92. The van der Waals surface area contributed by atoms with Gasteiger partial charge < -0.3 is 15.5 Å². The third-order valence-electron chi connectivity index (χ3n) is 5.92. The molecule has 0 aromatic carbocycles. The summed E-state index contributed by atoms with van der Waals surface area (Å²) in [6.07, 6.45) is 6.20. The van der Waals surface area contributed by atoms with Gasteiger partial charge in [0.05, 0.1) is 0 Å². The van der Waals surface area contributed by atoms with Gasteiger partial charge in [-0.1, -0.05) is 19.4 Å². The van der Waals surface area contributed by atoms with Crippen LogP contribution in [0.5, 0.6) is 0 Å². The topological polar surface area (TPSA) is 55.8 Å². The number of halogens is 1. The normalized spacial score (nSPS) is 21.9. The lowest BCUT2D eigenvalue weighted by Crippen LogP contribution is -2.52. The zero-order valence-electron chi connectivity index (χ0n) is 17.7. The molecule has 0 amide bonds. The number of rotatable bonds is 5. The maximum absolute atomic E-state index is 4.66. The molecule has 2 saturated heterocycles. The van der Waals surface area contributed by atoms with Crippen molar-refractivity contribution in [3.05, 3.63) is 23.9 Å². The van der Waals surface area contributed by atoms with Crippen LogP contribution in [0.3, 0.4) is 0 Å². The van der Waals surface area contributed by atoms with Crippen molar-refractivity contribution in [3.63, 3.8) is 0 Å². The van der Waals surface area contributed by atoms with E-state index in [-0.39, 0.29) is 24.0 Å². The molecule has 6 nitrogen and oxygen atoms in total. The Labute approximate surface area is 187 Å². The molecule has 158 valence electrons. The summed E-state index contributed by atoms with van der Waals surface area (Å²) in [4.78, 5) is 14.1. The molecule has 1 unspecified atom stereocenters. The van der Waals surface area contributed by atoms with Crippen LogP contribution in [-0.2, 0) is 0 Å². The lowest BCUT2D eigenvalue weighted by atomic mass is 10.0. The van der Waals surface area contributed by atoms with Gasteiger partial charge in [-0.15, -0.1) is 24.0 Å². The van der Waals surface area contributed by atoms with Gasteiger partial charge in [0.25, 0.3) is 0 Å². The number of pyridine rings is 1. The molecule has 1 aromatic rings. The van der Waals surface area contributed by atoms with Crippen LogP contribution in [0.4, 0.5) is 5.82 Å². The lowest BCUT2D eigenvalue weighted by molar-refractivity contribution is 0.157. The van der Waals surface area contributed by atoms with E-state index < -0.39 is 0 Å². The number of piperidine rings is 2. The van der Waals surface area contributed by atoms with E-state index >= 15 is 0 Å². The number of hydrogen-bond acceptors (Lipinski definition) is 4. The molecule has 2 fully saturated rings. The van der Waals surface area contributed by atoms with Gasteiger partial charge in [-0.3, -0.25) is 9.89 Å². The monoisotopic (exact) mass is 500 g/mol. The molecule has 2 N–H and O–H groups in total. The number of aliphatic imine (C=N–C) groups is 1. The second kappa shape index (κ2) is 11.8. The highest BCUT2D eigenvalue weighted by Gasteiger charge is 2.23. The fourth-order valence-corrected chi connectivity index (χ4v) is 4.27. The van der Waals surface area contributed by atoms with Crippen molar-refractivity contribution in [2.24, 2.45) is 4.99 Å². The number of aromatic nitrogens is 1. The zero-order valence-corrected chi connectivity index (χ0v) is 20.0. The molecular weight excluding hydrogens is 463 g/mol. The van der Waals surface area contributed by atoms with Crippen LogP contribution in [-0.4, -0.2) is 67.7 Å². The van der Waals surface area contributed by atoms with Gasteiger partial charge in [0.1, 0.15) is 5.82 Å². The minimum Gasteiger partial charge on any atom is -0.356 e. The summed E-state index contributed by atoms with van der Waals surface area (Å²) in [6, 6.07) is 7.38. The Balaban J connectivity index is 0.00000280. The maximum Gasteiger partial charge on any atom is 0.191 e. The highest BCUT2D eigenvalue weighted by atomic mass is 127. The van der Waals surface area contributed by atoms with Crippen LogP contribution in [0.15, 0.2) is 23.2 Å². The summed E-state index contributed by atoms with van der Waals surface area (Å²) >= 11 is 0. The summed E-state index contributed by atoms with van der Waals surface area (Å²) in [5.74, 6) is 2.05. The summed E-state index contributed by atoms with van der Waals surface area (Å²) in [7, 11) is 1.87. The molecule has 3 heterocycles. The van der Waals surface area contributed by atoms with Crippen molar-refractivity contribution in [1.29, 1.82) is 0 Å². The summed E-state index contributed by atoms with van der Waals surface area (Å²) in [5, 5.41) is 7.21. The quantitative estimate of drug-likeness (QED) is 0.370. The molecule has 1 atom stereocenters. The zero-order chi connectivity index (χ0) is 19.1. The molecule has 2 aliphatic rings. The number of anilines is 1. The predicted molar refractivity (Wildman–Crippen MR) is 129 cm³/mol. The Bertz CT molecular complexity index is 615. The average Bonchev–Trinajstić information content (AvgIpc) is 2.71.